The van der Waals surface area contributed by atoms with Crippen molar-refractivity contribution in [2.24, 2.45) is 0 Å². The summed E-state index contributed by atoms with van der Waals surface area (Å²) in [6, 6.07) is 29.2. The van der Waals surface area contributed by atoms with Crippen molar-refractivity contribution in [1.82, 2.24) is 0 Å². The van der Waals surface area contributed by atoms with Crippen LogP contribution in [0, 0.1) is 0 Å². The van der Waals surface area contributed by atoms with Gasteiger partial charge in [0.25, 0.3) is 0 Å². The standard InChI is InChI=1S/2C14H10O3.2H2O.Zn/c2*15-13(10-6-2-1-3-7-10)11-8-4-5-9-12(11)14(16)17;;;/h2*1-9H,(H,16,17);2*1H2;/q;;;;+2/p-2. The summed E-state index contributed by atoms with van der Waals surface area (Å²) < 4.78 is 0. The van der Waals surface area contributed by atoms with Crippen LogP contribution in [0.25, 0.3) is 0 Å². The zero-order valence-corrected chi connectivity index (χ0v) is 22.5. The summed E-state index contributed by atoms with van der Waals surface area (Å²) in [6.45, 7) is 0. The maximum atomic E-state index is 12.1. The smallest absolute Gasteiger partial charge is 0.545 e. The Morgan fingerprint density at radius 3 is 0.919 bits per heavy atom. The van der Waals surface area contributed by atoms with Crippen LogP contribution >= 0.6 is 0 Å². The topological polar surface area (TPSA) is 177 Å². The van der Waals surface area contributed by atoms with Crippen molar-refractivity contribution in [2.75, 3.05) is 0 Å². The van der Waals surface area contributed by atoms with Crippen LogP contribution in [0.5, 0.6) is 0 Å². The molecule has 0 bridgehead atoms. The zero-order chi connectivity index (χ0) is 24.5. The van der Waals surface area contributed by atoms with Crippen LogP contribution in [0.2, 0.25) is 0 Å². The first-order chi connectivity index (χ1) is 16.4. The van der Waals surface area contributed by atoms with Gasteiger partial charge in [0.15, 0.2) is 11.6 Å². The number of hydrogen-bond donors (Lipinski definition) is 0. The van der Waals surface area contributed by atoms with Crippen molar-refractivity contribution in [3.63, 3.8) is 0 Å². The molecule has 0 heterocycles. The number of carboxylic acids is 2. The minimum atomic E-state index is -1.34. The van der Waals surface area contributed by atoms with Crippen LogP contribution < -0.4 is 10.2 Å². The average Bonchev–Trinajstić information content (AvgIpc) is 2.89. The van der Waals surface area contributed by atoms with Gasteiger partial charge in [-0.1, -0.05) is 109 Å². The summed E-state index contributed by atoms with van der Waals surface area (Å²) in [5.41, 5.74) is 1.06. The molecule has 0 fully saturated rings. The maximum absolute atomic E-state index is 12.1. The van der Waals surface area contributed by atoms with E-state index in [4.69, 9.17) is 0 Å². The first-order valence-corrected chi connectivity index (χ1v) is 10.2. The summed E-state index contributed by atoms with van der Waals surface area (Å²) in [5.74, 6) is -3.31. The number of rotatable bonds is 6. The summed E-state index contributed by atoms with van der Waals surface area (Å²) >= 11 is 0. The number of hydrogen-bond acceptors (Lipinski definition) is 6. The van der Waals surface area contributed by atoms with Gasteiger partial charge < -0.3 is 30.8 Å². The molecule has 0 atom stereocenters. The van der Waals surface area contributed by atoms with E-state index in [1.807, 2.05) is 0 Å². The minimum Gasteiger partial charge on any atom is -0.545 e. The van der Waals surface area contributed by atoms with Gasteiger partial charge in [-0.05, 0) is 0 Å². The number of carbonyl (C=O) groups is 4. The third kappa shape index (κ3) is 8.40. The van der Waals surface area contributed by atoms with Gasteiger partial charge in [0.05, 0.1) is 11.9 Å². The number of benzene rings is 4. The van der Waals surface area contributed by atoms with Crippen LogP contribution in [0.4, 0.5) is 0 Å². The normalized spacial score (nSPS) is 9.08. The average molecular weight is 552 g/mol. The summed E-state index contributed by atoms with van der Waals surface area (Å²) in [7, 11) is 0. The molecule has 0 aromatic heterocycles. The van der Waals surface area contributed by atoms with Crippen LogP contribution in [-0.4, -0.2) is 34.5 Å². The van der Waals surface area contributed by atoms with E-state index in [1.54, 1.807) is 84.9 Å². The molecule has 4 rings (SSSR count). The van der Waals surface area contributed by atoms with E-state index in [1.165, 1.54) is 24.3 Å². The Balaban J connectivity index is 0.000000648. The quantitative estimate of drug-likeness (QED) is 0.254. The SMILES string of the molecule is O.O.O=C([O-])c1ccccc1C(=O)c1ccccc1.O=C([O-])c1ccccc1C(=O)c1ccccc1.[Zn+2]. The molecule has 0 unspecified atom stereocenters. The molecule has 0 aliphatic rings. The molecule has 0 amide bonds. The fourth-order valence-corrected chi connectivity index (χ4v) is 3.21. The van der Waals surface area contributed by atoms with Crippen molar-refractivity contribution < 1.29 is 59.8 Å². The van der Waals surface area contributed by atoms with Gasteiger partial charge in [-0.15, -0.1) is 0 Å². The fourth-order valence-electron chi connectivity index (χ4n) is 3.21. The van der Waals surface area contributed by atoms with E-state index in [0.717, 1.165) is 0 Å². The number of ketones is 2. The Morgan fingerprint density at radius 2 is 0.649 bits per heavy atom. The van der Waals surface area contributed by atoms with E-state index in [-0.39, 0.29) is 64.3 Å². The molecule has 0 spiro atoms. The molecule has 37 heavy (non-hydrogen) atoms. The van der Waals surface area contributed by atoms with Gasteiger partial charge in [0, 0.05) is 33.4 Å². The number of carbonyl (C=O) groups excluding carboxylic acids is 4. The molecule has 0 aliphatic carbocycles. The van der Waals surface area contributed by atoms with E-state index in [0.29, 0.717) is 11.1 Å². The first kappa shape index (κ1) is 32.7. The van der Waals surface area contributed by atoms with E-state index < -0.39 is 11.9 Å². The fraction of sp³-hybridized carbons (Fsp3) is 0. The third-order valence-electron chi connectivity index (χ3n) is 4.86. The van der Waals surface area contributed by atoms with Crippen LogP contribution in [0.1, 0.15) is 52.6 Å². The maximum Gasteiger partial charge on any atom is 2.00 e. The van der Waals surface area contributed by atoms with Crippen LogP contribution in [0.3, 0.4) is 0 Å². The second-order valence-electron chi connectivity index (χ2n) is 7.06. The summed E-state index contributed by atoms with van der Waals surface area (Å²) in [4.78, 5) is 45.9. The molecule has 0 aliphatic heterocycles. The van der Waals surface area contributed by atoms with E-state index in [2.05, 4.69) is 0 Å². The van der Waals surface area contributed by atoms with Crippen molar-refractivity contribution in [1.29, 1.82) is 0 Å². The van der Waals surface area contributed by atoms with Crippen molar-refractivity contribution in [2.45, 2.75) is 0 Å². The van der Waals surface area contributed by atoms with Gasteiger partial charge in [-0.3, -0.25) is 9.59 Å². The van der Waals surface area contributed by atoms with Gasteiger partial charge in [0.1, 0.15) is 0 Å². The van der Waals surface area contributed by atoms with Crippen molar-refractivity contribution in [3.8, 4) is 0 Å². The van der Waals surface area contributed by atoms with Gasteiger partial charge in [-0.2, -0.15) is 0 Å². The molecule has 4 aromatic carbocycles. The second kappa shape index (κ2) is 15.6. The molecular formula is C28H22O8Zn. The minimum absolute atomic E-state index is 0. The third-order valence-corrected chi connectivity index (χ3v) is 4.86. The molecular weight excluding hydrogens is 530 g/mol. The van der Waals surface area contributed by atoms with E-state index >= 15 is 0 Å². The van der Waals surface area contributed by atoms with Crippen LogP contribution in [-0.2, 0) is 19.5 Å². The Bertz CT molecular complexity index is 1230. The largest absolute Gasteiger partial charge is 2.00 e. The molecule has 9 heteroatoms. The monoisotopic (exact) mass is 550 g/mol. The van der Waals surface area contributed by atoms with Crippen molar-refractivity contribution in [3.05, 3.63) is 143 Å². The molecule has 4 N–H and O–H groups in total. The Kier molecular flexibility index (Phi) is 13.8. The second-order valence-corrected chi connectivity index (χ2v) is 7.06. The molecule has 0 saturated carbocycles. The molecule has 0 saturated heterocycles. The predicted molar refractivity (Wildman–Crippen MR) is 129 cm³/mol. The Hall–Kier alpha value is -4.30. The first-order valence-electron chi connectivity index (χ1n) is 10.2. The zero-order valence-electron chi connectivity index (χ0n) is 19.5. The number of aromatic carboxylic acids is 2. The predicted octanol–water partition coefficient (Wildman–Crippen LogP) is 0.910. The number of carboxylic acid groups (broad SMARTS) is 2. The molecule has 0 radical (unpaired) electrons. The van der Waals surface area contributed by atoms with Gasteiger partial charge in [-0.25, -0.2) is 0 Å². The summed E-state index contributed by atoms with van der Waals surface area (Å²) in [5, 5.41) is 21.8. The Labute approximate surface area is 225 Å². The molecule has 4 aromatic rings. The van der Waals surface area contributed by atoms with E-state index in [9.17, 15) is 29.4 Å². The molecule has 184 valence electrons. The van der Waals surface area contributed by atoms with Crippen LogP contribution in [0.15, 0.2) is 109 Å². The van der Waals surface area contributed by atoms with Gasteiger partial charge >= 0.3 is 19.5 Å². The van der Waals surface area contributed by atoms with Crippen molar-refractivity contribution >= 4 is 23.5 Å². The molecule has 8 nitrogen and oxygen atoms in total. The summed E-state index contributed by atoms with van der Waals surface area (Å²) in [6.07, 6.45) is 0. The van der Waals surface area contributed by atoms with Gasteiger partial charge in [0.2, 0.25) is 0 Å². The Morgan fingerprint density at radius 1 is 0.405 bits per heavy atom.